The lowest BCUT2D eigenvalue weighted by atomic mass is 10.3. The third kappa shape index (κ3) is 3.39. The zero-order chi connectivity index (χ0) is 17.3. The predicted molar refractivity (Wildman–Crippen MR) is 94.4 cm³/mol. The summed E-state index contributed by atoms with van der Waals surface area (Å²) < 4.78 is 40.3. The minimum Gasteiger partial charge on any atom is -0.320 e. The molecule has 3 rings (SSSR count). The van der Waals surface area contributed by atoms with E-state index >= 15 is 0 Å². The zero-order valence-electron chi connectivity index (χ0n) is 12.5. The van der Waals surface area contributed by atoms with Gasteiger partial charge < -0.3 is 5.32 Å². The number of hydrogen-bond donors (Lipinski definition) is 1. The molecule has 0 atom stereocenters. The van der Waals surface area contributed by atoms with E-state index in [1.165, 1.54) is 28.6 Å². The first kappa shape index (κ1) is 17.5. The number of halogens is 2. The summed E-state index contributed by atoms with van der Waals surface area (Å²) in [6.07, 6.45) is 1.65. The van der Waals surface area contributed by atoms with Crippen LogP contribution in [0.15, 0.2) is 39.0 Å². The smallest absolute Gasteiger partial charge is 0.267 e. The van der Waals surface area contributed by atoms with Crippen LogP contribution >= 0.6 is 27.3 Å². The third-order valence-corrected chi connectivity index (χ3v) is 7.34. The maximum atomic E-state index is 13.1. The summed E-state index contributed by atoms with van der Waals surface area (Å²) in [4.78, 5) is 12.6. The average molecular weight is 433 g/mol. The second-order valence-corrected chi connectivity index (χ2v) is 8.98. The Morgan fingerprint density at radius 3 is 2.62 bits per heavy atom. The molecule has 0 bridgehead atoms. The Bertz CT molecular complexity index is 877. The Balaban J connectivity index is 1.88. The Morgan fingerprint density at radius 2 is 1.96 bits per heavy atom. The van der Waals surface area contributed by atoms with Gasteiger partial charge in [0.05, 0.1) is 5.69 Å². The van der Waals surface area contributed by atoms with Crippen LogP contribution in [0.25, 0.3) is 0 Å². The Hall–Kier alpha value is -1.29. The summed E-state index contributed by atoms with van der Waals surface area (Å²) in [5, 5.41) is 4.20. The third-order valence-electron chi connectivity index (χ3n) is 3.70. The molecule has 24 heavy (non-hydrogen) atoms. The second kappa shape index (κ2) is 6.91. The first-order valence-electron chi connectivity index (χ1n) is 7.23. The molecule has 1 saturated heterocycles. The minimum atomic E-state index is -3.67. The molecule has 0 spiro atoms. The number of benzene rings is 1. The SMILES string of the molecule is O=C(Nc1ccc(F)cc1Br)c1sccc1S(=O)(=O)N1CCCC1. The number of amides is 1. The van der Waals surface area contributed by atoms with Crippen LogP contribution in [-0.4, -0.2) is 31.7 Å². The fourth-order valence-electron chi connectivity index (χ4n) is 2.50. The molecule has 0 radical (unpaired) electrons. The monoisotopic (exact) mass is 432 g/mol. The molecule has 1 N–H and O–H groups in total. The molecule has 5 nitrogen and oxygen atoms in total. The Kier molecular flexibility index (Phi) is 5.05. The van der Waals surface area contributed by atoms with E-state index < -0.39 is 21.7 Å². The number of rotatable bonds is 4. The summed E-state index contributed by atoms with van der Waals surface area (Å²) in [7, 11) is -3.67. The molecule has 1 aliphatic heterocycles. The van der Waals surface area contributed by atoms with Gasteiger partial charge in [0.15, 0.2) is 0 Å². The topological polar surface area (TPSA) is 66.5 Å². The molecule has 9 heteroatoms. The van der Waals surface area contributed by atoms with Crippen LogP contribution in [0.5, 0.6) is 0 Å². The van der Waals surface area contributed by atoms with Gasteiger partial charge in [-0.3, -0.25) is 4.79 Å². The maximum absolute atomic E-state index is 13.1. The number of carbonyl (C=O) groups excluding carboxylic acids is 1. The number of carbonyl (C=O) groups is 1. The molecule has 1 fully saturated rings. The van der Waals surface area contributed by atoms with Gasteiger partial charge in [0.1, 0.15) is 15.6 Å². The summed E-state index contributed by atoms with van der Waals surface area (Å²) in [5.74, 6) is -0.969. The van der Waals surface area contributed by atoms with Gasteiger partial charge in [0.25, 0.3) is 5.91 Å². The van der Waals surface area contributed by atoms with Crippen LogP contribution in [0.4, 0.5) is 10.1 Å². The van der Waals surface area contributed by atoms with Gasteiger partial charge in [-0.25, -0.2) is 12.8 Å². The largest absolute Gasteiger partial charge is 0.320 e. The molecule has 0 aliphatic carbocycles. The highest BCUT2D eigenvalue weighted by atomic mass is 79.9. The van der Waals surface area contributed by atoms with Crippen LogP contribution in [0.2, 0.25) is 0 Å². The minimum absolute atomic E-state index is 0.0186. The molecule has 1 amide bonds. The molecule has 2 heterocycles. The summed E-state index contributed by atoms with van der Waals surface area (Å²) in [5.41, 5.74) is 0.374. The van der Waals surface area contributed by atoms with Crippen molar-refractivity contribution in [3.8, 4) is 0 Å². The number of nitrogens with one attached hydrogen (secondary N) is 1. The highest BCUT2D eigenvalue weighted by Gasteiger charge is 2.31. The number of hydrogen-bond acceptors (Lipinski definition) is 4. The molecular formula is C15H14BrFN2O3S2. The second-order valence-electron chi connectivity index (χ2n) is 5.30. The molecule has 128 valence electrons. The van der Waals surface area contributed by atoms with Crippen LogP contribution in [0, 0.1) is 5.82 Å². The Morgan fingerprint density at radius 1 is 1.25 bits per heavy atom. The van der Waals surface area contributed by atoms with Crippen molar-refractivity contribution in [3.05, 3.63) is 44.8 Å². The maximum Gasteiger partial charge on any atom is 0.267 e. The lowest BCUT2D eigenvalue weighted by molar-refractivity contribution is 0.102. The highest BCUT2D eigenvalue weighted by molar-refractivity contribution is 9.10. The lowest BCUT2D eigenvalue weighted by Gasteiger charge is -2.15. The van der Waals surface area contributed by atoms with Crippen molar-refractivity contribution in [1.82, 2.24) is 4.31 Å². The predicted octanol–water partition coefficient (Wildman–Crippen LogP) is 3.69. The summed E-state index contributed by atoms with van der Waals surface area (Å²) in [6.45, 7) is 0.950. The average Bonchev–Trinajstić information content (AvgIpc) is 3.21. The van der Waals surface area contributed by atoms with E-state index in [-0.39, 0.29) is 9.77 Å². The number of anilines is 1. The standard InChI is InChI=1S/C15H14BrFN2O3S2/c16-11-9-10(17)3-4-12(11)18-15(20)14-13(5-8-23-14)24(21,22)19-6-1-2-7-19/h3-5,8-9H,1-2,6-7H2,(H,18,20). The first-order chi connectivity index (χ1) is 11.4. The summed E-state index contributed by atoms with van der Waals surface area (Å²) >= 11 is 4.24. The molecule has 1 aromatic carbocycles. The molecule has 1 aromatic heterocycles. The van der Waals surface area contributed by atoms with E-state index in [2.05, 4.69) is 21.2 Å². The molecule has 1 aliphatic rings. The fraction of sp³-hybridized carbons (Fsp3) is 0.267. The van der Waals surface area contributed by atoms with Crippen LogP contribution in [0.1, 0.15) is 22.5 Å². The van der Waals surface area contributed by atoms with E-state index in [0.29, 0.717) is 23.2 Å². The van der Waals surface area contributed by atoms with Gasteiger partial charge in [0.2, 0.25) is 10.0 Å². The number of nitrogens with zero attached hydrogens (tertiary/aromatic N) is 1. The molecule has 0 saturated carbocycles. The van der Waals surface area contributed by atoms with Crippen LogP contribution < -0.4 is 5.32 Å². The quantitative estimate of drug-likeness (QED) is 0.800. The van der Waals surface area contributed by atoms with Gasteiger partial charge >= 0.3 is 0 Å². The molecule has 0 unspecified atom stereocenters. The molecular weight excluding hydrogens is 419 g/mol. The van der Waals surface area contributed by atoms with Crippen molar-refractivity contribution in [2.45, 2.75) is 17.7 Å². The van der Waals surface area contributed by atoms with Gasteiger partial charge in [-0.1, -0.05) is 0 Å². The van der Waals surface area contributed by atoms with E-state index in [1.807, 2.05) is 0 Å². The van der Waals surface area contributed by atoms with Crippen molar-refractivity contribution in [3.63, 3.8) is 0 Å². The van der Waals surface area contributed by atoms with Crippen LogP contribution in [0.3, 0.4) is 0 Å². The van der Waals surface area contributed by atoms with Gasteiger partial charge in [-0.05, 0) is 58.4 Å². The van der Waals surface area contributed by atoms with E-state index in [1.54, 1.807) is 5.38 Å². The van der Waals surface area contributed by atoms with Crippen molar-refractivity contribution in [2.75, 3.05) is 18.4 Å². The van der Waals surface area contributed by atoms with Crippen molar-refractivity contribution < 1.29 is 17.6 Å². The van der Waals surface area contributed by atoms with Crippen molar-refractivity contribution in [1.29, 1.82) is 0 Å². The van der Waals surface area contributed by atoms with Crippen LogP contribution in [-0.2, 0) is 10.0 Å². The first-order valence-corrected chi connectivity index (χ1v) is 10.3. The van der Waals surface area contributed by atoms with Gasteiger partial charge in [-0.2, -0.15) is 4.31 Å². The number of sulfonamides is 1. The van der Waals surface area contributed by atoms with E-state index in [9.17, 15) is 17.6 Å². The van der Waals surface area contributed by atoms with Crippen molar-refractivity contribution >= 4 is 48.9 Å². The fourth-order valence-corrected chi connectivity index (χ4v) is 5.77. The number of thiophene rings is 1. The van der Waals surface area contributed by atoms with E-state index in [4.69, 9.17) is 0 Å². The Labute approximate surface area is 151 Å². The van der Waals surface area contributed by atoms with Crippen molar-refractivity contribution in [2.24, 2.45) is 0 Å². The normalized spacial score (nSPS) is 15.6. The van der Waals surface area contributed by atoms with Gasteiger partial charge in [-0.15, -0.1) is 11.3 Å². The zero-order valence-corrected chi connectivity index (χ0v) is 15.7. The molecule has 2 aromatic rings. The van der Waals surface area contributed by atoms with Gasteiger partial charge in [0, 0.05) is 17.6 Å². The highest BCUT2D eigenvalue weighted by Crippen LogP contribution is 2.29. The lowest BCUT2D eigenvalue weighted by Crippen LogP contribution is -2.29. The summed E-state index contributed by atoms with van der Waals surface area (Å²) in [6, 6.07) is 5.31. The van der Waals surface area contributed by atoms with E-state index in [0.717, 1.165) is 24.2 Å².